The first-order valence-electron chi connectivity index (χ1n) is 16.9. The molecule has 2 aromatic rings. The number of halogens is 2. The van der Waals surface area contributed by atoms with Crippen molar-refractivity contribution in [3.63, 3.8) is 0 Å². The molecule has 0 radical (unpaired) electrons. The molecule has 3 amide bonds. The van der Waals surface area contributed by atoms with Crippen LogP contribution in [0.5, 0.6) is 11.5 Å². The number of hydrogen-bond donors (Lipinski definition) is 2. The number of Topliss-reactive ketones (excluding diaryl/α,β-unsaturated/α-hetero) is 1. The number of esters is 1. The van der Waals surface area contributed by atoms with Gasteiger partial charge in [-0.15, -0.1) is 6.58 Å². The Morgan fingerprint density at radius 1 is 1.14 bits per heavy atom. The molecule has 1 aromatic heterocycles. The van der Waals surface area contributed by atoms with Crippen molar-refractivity contribution in [1.82, 2.24) is 20.5 Å². The molecular formula is C36H44BrClN4O9. The van der Waals surface area contributed by atoms with Gasteiger partial charge in [0.2, 0.25) is 11.8 Å². The fourth-order valence-electron chi connectivity index (χ4n) is 6.84. The third-order valence-corrected chi connectivity index (χ3v) is 10.6. The number of benzene rings is 1. The zero-order chi connectivity index (χ0) is 37.2. The number of amides is 3. The van der Waals surface area contributed by atoms with Gasteiger partial charge in [0.25, 0.3) is 0 Å². The van der Waals surface area contributed by atoms with Crippen molar-refractivity contribution in [3.05, 3.63) is 41.6 Å². The summed E-state index contributed by atoms with van der Waals surface area (Å²) in [7, 11) is 2.70. The Bertz CT molecular complexity index is 1730. The lowest BCUT2D eigenvalue weighted by atomic mass is 9.85. The number of carbonyl (C=O) groups excluding carboxylic acids is 5. The number of alkyl carbamates (subject to hydrolysis) is 1. The minimum atomic E-state index is -1.31. The van der Waals surface area contributed by atoms with Crippen LogP contribution in [0.4, 0.5) is 4.79 Å². The summed E-state index contributed by atoms with van der Waals surface area (Å²) >= 11 is 9.81. The molecule has 2 heterocycles. The van der Waals surface area contributed by atoms with Gasteiger partial charge in [0, 0.05) is 23.8 Å². The third-order valence-electron chi connectivity index (χ3n) is 9.76. The maximum absolute atomic E-state index is 14.5. The topological polar surface area (TPSA) is 162 Å². The minimum Gasteiger partial charge on any atom is -0.495 e. The van der Waals surface area contributed by atoms with Crippen LogP contribution in [0.25, 0.3) is 10.9 Å². The third kappa shape index (κ3) is 7.96. The SMILES string of the molecule is C=C[C@@H]1C[C@]1(NC(=O)[C@@H]1C[C@@H](Oc2cc(C(=O)CBr)nc3c(Cl)c(OC)ccc23)CN1C(=O)[C@@H](NC(=O)OC1CCCC1)C(C)(C)C)C(=O)OC. The van der Waals surface area contributed by atoms with E-state index >= 15 is 0 Å². The van der Waals surface area contributed by atoms with Crippen molar-refractivity contribution < 1.29 is 42.9 Å². The van der Waals surface area contributed by atoms with Crippen LogP contribution in [-0.4, -0.2) is 95.5 Å². The van der Waals surface area contributed by atoms with E-state index < -0.39 is 53.0 Å². The number of rotatable bonds is 12. The second kappa shape index (κ2) is 15.4. The number of aromatic nitrogens is 1. The highest BCUT2D eigenvalue weighted by atomic mass is 79.9. The fraction of sp³-hybridized carbons (Fsp3) is 0.556. The number of hydrogen-bond acceptors (Lipinski definition) is 10. The number of nitrogens with zero attached hydrogens (tertiary/aromatic N) is 2. The Hall–Kier alpha value is -3.91. The van der Waals surface area contributed by atoms with Gasteiger partial charge in [0.05, 0.1) is 31.6 Å². The first-order valence-corrected chi connectivity index (χ1v) is 18.4. The summed E-state index contributed by atoms with van der Waals surface area (Å²) < 4.78 is 22.5. The first-order chi connectivity index (χ1) is 24.2. The summed E-state index contributed by atoms with van der Waals surface area (Å²) in [6.45, 7) is 9.13. The van der Waals surface area contributed by atoms with Crippen LogP contribution in [0.15, 0.2) is 30.9 Å². The molecular weight excluding hydrogens is 748 g/mol. The van der Waals surface area contributed by atoms with E-state index in [0.29, 0.717) is 17.6 Å². The minimum absolute atomic E-state index is 0.00148. The highest BCUT2D eigenvalue weighted by Crippen LogP contribution is 2.46. The zero-order valence-corrected chi connectivity index (χ0v) is 31.7. The molecule has 0 spiro atoms. The quantitative estimate of drug-likeness (QED) is 0.128. The largest absolute Gasteiger partial charge is 0.495 e. The molecule has 1 aromatic carbocycles. The Balaban J connectivity index is 1.49. The van der Waals surface area contributed by atoms with Crippen LogP contribution >= 0.6 is 27.5 Å². The molecule has 5 rings (SSSR count). The van der Waals surface area contributed by atoms with Crippen molar-refractivity contribution in [2.75, 3.05) is 26.1 Å². The van der Waals surface area contributed by atoms with Crippen molar-refractivity contribution in [3.8, 4) is 11.5 Å². The molecule has 1 aliphatic heterocycles. The van der Waals surface area contributed by atoms with Gasteiger partial charge in [-0.1, -0.05) is 54.4 Å². The normalized spacial score (nSPS) is 23.7. The molecule has 2 N–H and O–H groups in total. The molecule has 2 aliphatic carbocycles. The Labute approximate surface area is 310 Å². The lowest BCUT2D eigenvalue weighted by molar-refractivity contribution is -0.148. The number of likely N-dealkylation sites (tertiary alicyclic amines) is 1. The molecule has 15 heteroatoms. The van der Waals surface area contributed by atoms with Gasteiger partial charge in [-0.2, -0.15) is 0 Å². The maximum Gasteiger partial charge on any atom is 0.408 e. The molecule has 2 saturated carbocycles. The monoisotopic (exact) mass is 790 g/mol. The van der Waals surface area contributed by atoms with Crippen molar-refractivity contribution in [2.45, 2.75) is 89.1 Å². The summed E-state index contributed by atoms with van der Waals surface area (Å²) in [6.07, 6.45) is 3.64. The van der Waals surface area contributed by atoms with E-state index in [2.05, 4.69) is 38.1 Å². The standard InChI is InChI=1S/C36H44BrClN4O9/c1-7-19-16-36(19,33(46)49-6)41-31(44)24-14-21(18-42(24)32(45)30(35(2,3)4)40-34(47)51-20-10-8-9-11-20)50-27-15-23(25(43)17-37)39-29-22(27)12-13-26(48-5)28(29)38/h7,12-13,15,19-21,24,30H,1,8-11,14,16-18H2,2-6H3,(H,40,47)(H,41,44)/t19-,21-,24+,30-,36-/m1/s1. The van der Waals surface area contributed by atoms with Crippen LogP contribution in [0.1, 0.15) is 69.8 Å². The van der Waals surface area contributed by atoms with Crippen molar-refractivity contribution in [1.29, 1.82) is 0 Å². The Kier molecular flexibility index (Phi) is 11.5. The maximum atomic E-state index is 14.5. The highest BCUT2D eigenvalue weighted by Gasteiger charge is 2.62. The van der Waals surface area contributed by atoms with Crippen LogP contribution in [0, 0.1) is 11.3 Å². The van der Waals surface area contributed by atoms with E-state index in [0.717, 1.165) is 25.7 Å². The number of alkyl halides is 1. The van der Waals surface area contributed by atoms with E-state index in [4.69, 9.17) is 30.5 Å². The van der Waals surface area contributed by atoms with E-state index in [1.165, 1.54) is 25.2 Å². The van der Waals surface area contributed by atoms with E-state index in [1.807, 2.05) is 0 Å². The summed E-state index contributed by atoms with van der Waals surface area (Å²) in [5, 5.41) is 6.27. The Morgan fingerprint density at radius 3 is 2.43 bits per heavy atom. The lowest BCUT2D eigenvalue weighted by Crippen LogP contribution is -2.59. The molecule has 0 bridgehead atoms. The summed E-state index contributed by atoms with van der Waals surface area (Å²) in [5.41, 5.74) is -1.73. The van der Waals surface area contributed by atoms with Crippen molar-refractivity contribution in [2.24, 2.45) is 11.3 Å². The number of pyridine rings is 1. The number of ketones is 1. The number of fused-ring (bicyclic) bond motifs is 1. The van der Waals surface area contributed by atoms with Gasteiger partial charge in [-0.05, 0) is 49.7 Å². The second-order valence-corrected chi connectivity index (χ2v) is 15.2. The summed E-state index contributed by atoms with van der Waals surface area (Å²) in [5.74, 6) is -1.79. The van der Waals surface area contributed by atoms with Crippen LogP contribution in [0.2, 0.25) is 5.02 Å². The fourth-order valence-corrected chi connectivity index (χ4v) is 7.41. The zero-order valence-electron chi connectivity index (χ0n) is 29.4. The van der Waals surface area contributed by atoms with Gasteiger partial charge >= 0.3 is 12.1 Å². The average Bonchev–Trinajstić information content (AvgIpc) is 3.36. The molecule has 3 aliphatic rings. The summed E-state index contributed by atoms with van der Waals surface area (Å²) in [6, 6.07) is 2.66. The van der Waals surface area contributed by atoms with Crippen LogP contribution in [-0.2, 0) is 23.9 Å². The predicted octanol–water partition coefficient (Wildman–Crippen LogP) is 5.14. The van der Waals surface area contributed by atoms with Gasteiger partial charge in [0.15, 0.2) is 5.78 Å². The number of ether oxygens (including phenoxy) is 4. The first kappa shape index (κ1) is 38.3. The lowest BCUT2D eigenvalue weighted by Gasteiger charge is -2.35. The van der Waals surface area contributed by atoms with E-state index in [1.54, 1.807) is 39.0 Å². The molecule has 0 unspecified atom stereocenters. The second-order valence-electron chi connectivity index (χ2n) is 14.3. The van der Waals surface area contributed by atoms with Gasteiger partial charge < -0.3 is 34.5 Å². The molecule has 3 fully saturated rings. The molecule has 5 atom stereocenters. The molecule has 1 saturated heterocycles. The van der Waals surface area contributed by atoms with Crippen LogP contribution < -0.4 is 20.1 Å². The number of nitrogens with one attached hydrogen (secondary N) is 2. The summed E-state index contributed by atoms with van der Waals surface area (Å²) in [4.78, 5) is 73.2. The van der Waals surface area contributed by atoms with Gasteiger partial charge in [-0.3, -0.25) is 14.4 Å². The highest BCUT2D eigenvalue weighted by molar-refractivity contribution is 9.09. The van der Waals surface area contributed by atoms with Gasteiger partial charge in [0.1, 0.15) is 52.0 Å². The van der Waals surface area contributed by atoms with Crippen LogP contribution in [0.3, 0.4) is 0 Å². The average molecular weight is 792 g/mol. The number of methoxy groups -OCH3 is 2. The molecule has 276 valence electrons. The van der Waals surface area contributed by atoms with Crippen molar-refractivity contribution >= 4 is 68.1 Å². The number of carbonyl (C=O) groups is 5. The Morgan fingerprint density at radius 2 is 1.84 bits per heavy atom. The van der Waals surface area contributed by atoms with Gasteiger partial charge in [-0.25, -0.2) is 14.6 Å². The predicted molar refractivity (Wildman–Crippen MR) is 192 cm³/mol. The van der Waals surface area contributed by atoms with E-state index in [-0.39, 0.29) is 58.1 Å². The molecule has 13 nitrogen and oxygen atoms in total. The molecule has 51 heavy (non-hydrogen) atoms. The van der Waals surface area contributed by atoms with E-state index in [9.17, 15) is 24.0 Å². The smallest absolute Gasteiger partial charge is 0.408 e.